The first-order valence-corrected chi connectivity index (χ1v) is 5.40. The van der Waals surface area contributed by atoms with Crippen molar-refractivity contribution in [1.29, 1.82) is 0 Å². The van der Waals surface area contributed by atoms with Crippen molar-refractivity contribution in [3.05, 3.63) is 18.2 Å². The van der Waals surface area contributed by atoms with Crippen molar-refractivity contribution >= 4 is 11.6 Å². The zero-order valence-corrected chi connectivity index (χ0v) is 9.45. The van der Waals surface area contributed by atoms with Gasteiger partial charge in [-0.15, -0.1) is 0 Å². The molecular weight excluding hydrogens is 206 g/mol. The molecule has 1 unspecified atom stereocenters. The molecule has 1 atom stereocenters. The summed E-state index contributed by atoms with van der Waals surface area (Å²) in [6.07, 6.45) is 1.25. The molecule has 0 bridgehead atoms. The van der Waals surface area contributed by atoms with Gasteiger partial charge in [0.25, 0.3) is 5.91 Å². The lowest BCUT2D eigenvalue weighted by atomic mass is 10.1. The van der Waals surface area contributed by atoms with Crippen LogP contribution in [0.15, 0.2) is 18.2 Å². The van der Waals surface area contributed by atoms with Crippen molar-refractivity contribution in [2.75, 3.05) is 12.4 Å². The molecule has 86 valence electrons. The van der Waals surface area contributed by atoms with Gasteiger partial charge in [0.05, 0.1) is 12.8 Å². The van der Waals surface area contributed by atoms with Crippen LogP contribution < -0.4 is 14.8 Å². The highest BCUT2D eigenvalue weighted by molar-refractivity contribution is 5.97. The number of carbonyl (C=O) groups is 1. The van der Waals surface area contributed by atoms with Gasteiger partial charge >= 0.3 is 0 Å². The molecule has 4 nitrogen and oxygen atoms in total. The lowest BCUT2D eigenvalue weighted by molar-refractivity contribution is -0.123. The maximum atomic E-state index is 11.6. The SMILES string of the molecule is CCCC1Oc2cc(OC)ccc2NC1=O. The van der Waals surface area contributed by atoms with Crippen molar-refractivity contribution in [3.63, 3.8) is 0 Å². The van der Waals surface area contributed by atoms with Crippen LogP contribution in [0.3, 0.4) is 0 Å². The maximum absolute atomic E-state index is 11.6. The highest BCUT2D eigenvalue weighted by Gasteiger charge is 2.26. The molecule has 1 amide bonds. The second-order valence-corrected chi connectivity index (χ2v) is 3.75. The van der Waals surface area contributed by atoms with E-state index in [4.69, 9.17) is 9.47 Å². The largest absolute Gasteiger partial charge is 0.497 e. The van der Waals surface area contributed by atoms with E-state index in [1.807, 2.05) is 6.92 Å². The number of ether oxygens (including phenoxy) is 2. The highest BCUT2D eigenvalue weighted by atomic mass is 16.5. The van der Waals surface area contributed by atoms with Crippen LogP contribution in [-0.2, 0) is 4.79 Å². The average Bonchev–Trinajstić information content (AvgIpc) is 2.30. The van der Waals surface area contributed by atoms with E-state index in [2.05, 4.69) is 5.32 Å². The summed E-state index contributed by atoms with van der Waals surface area (Å²) in [5, 5.41) is 2.83. The molecule has 1 aliphatic rings. The minimum Gasteiger partial charge on any atom is -0.497 e. The molecule has 1 heterocycles. The van der Waals surface area contributed by atoms with Crippen LogP contribution >= 0.6 is 0 Å². The summed E-state index contributed by atoms with van der Waals surface area (Å²) in [6, 6.07) is 5.37. The van der Waals surface area contributed by atoms with Crippen molar-refractivity contribution in [2.24, 2.45) is 0 Å². The minimum atomic E-state index is -0.385. The van der Waals surface area contributed by atoms with E-state index in [9.17, 15) is 4.79 Å². The van der Waals surface area contributed by atoms with Gasteiger partial charge in [-0.2, -0.15) is 0 Å². The fraction of sp³-hybridized carbons (Fsp3) is 0.417. The summed E-state index contributed by atoms with van der Waals surface area (Å²) in [5.74, 6) is 1.34. The van der Waals surface area contributed by atoms with E-state index in [1.54, 1.807) is 25.3 Å². The van der Waals surface area contributed by atoms with Crippen LogP contribution in [0.1, 0.15) is 19.8 Å². The molecule has 1 N–H and O–H groups in total. The van der Waals surface area contributed by atoms with Gasteiger partial charge in [0.15, 0.2) is 6.10 Å². The number of rotatable bonds is 3. The lowest BCUT2D eigenvalue weighted by Crippen LogP contribution is -2.36. The van der Waals surface area contributed by atoms with Gasteiger partial charge in [-0.25, -0.2) is 0 Å². The first-order valence-electron chi connectivity index (χ1n) is 5.40. The smallest absolute Gasteiger partial charge is 0.265 e. The third kappa shape index (κ3) is 1.96. The zero-order valence-electron chi connectivity index (χ0n) is 9.45. The summed E-state index contributed by atoms with van der Waals surface area (Å²) in [6.45, 7) is 2.03. The molecule has 0 saturated carbocycles. The molecule has 1 aromatic carbocycles. The van der Waals surface area contributed by atoms with Crippen LogP contribution in [0.2, 0.25) is 0 Å². The monoisotopic (exact) mass is 221 g/mol. The van der Waals surface area contributed by atoms with Gasteiger partial charge in [0.1, 0.15) is 11.5 Å². The number of amides is 1. The normalized spacial score (nSPS) is 18.4. The Kier molecular flexibility index (Phi) is 2.99. The van der Waals surface area contributed by atoms with Crippen molar-refractivity contribution in [1.82, 2.24) is 0 Å². The molecule has 0 fully saturated rings. The molecule has 0 spiro atoms. The summed E-state index contributed by atoms with van der Waals surface area (Å²) >= 11 is 0. The third-order valence-corrected chi connectivity index (χ3v) is 2.56. The molecule has 0 radical (unpaired) electrons. The number of nitrogens with one attached hydrogen (secondary N) is 1. The minimum absolute atomic E-state index is 0.0699. The Balaban J connectivity index is 2.25. The van der Waals surface area contributed by atoms with Gasteiger partial charge in [-0.1, -0.05) is 13.3 Å². The van der Waals surface area contributed by atoms with E-state index < -0.39 is 0 Å². The molecule has 0 aliphatic carbocycles. The number of anilines is 1. The maximum Gasteiger partial charge on any atom is 0.265 e. The van der Waals surface area contributed by atoms with Crippen molar-refractivity contribution in [2.45, 2.75) is 25.9 Å². The predicted molar refractivity (Wildman–Crippen MR) is 60.9 cm³/mol. The summed E-state index contributed by atoms with van der Waals surface area (Å²) in [4.78, 5) is 11.6. The lowest BCUT2D eigenvalue weighted by Gasteiger charge is -2.25. The molecule has 4 heteroatoms. The second-order valence-electron chi connectivity index (χ2n) is 3.75. The number of benzene rings is 1. The van der Waals surface area contributed by atoms with Gasteiger partial charge in [-0.3, -0.25) is 4.79 Å². The van der Waals surface area contributed by atoms with Crippen LogP contribution in [-0.4, -0.2) is 19.1 Å². The molecule has 1 aromatic rings. The number of hydrogen-bond donors (Lipinski definition) is 1. The molecule has 0 saturated heterocycles. The Bertz CT molecular complexity index is 403. The summed E-state index contributed by atoms with van der Waals surface area (Å²) in [7, 11) is 1.60. The summed E-state index contributed by atoms with van der Waals surface area (Å²) in [5.41, 5.74) is 0.707. The summed E-state index contributed by atoms with van der Waals surface area (Å²) < 4.78 is 10.7. The van der Waals surface area contributed by atoms with E-state index >= 15 is 0 Å². The van der Waals surface area contributed by atoms with E-state index in [0.717, 1.165) is 18.6 Å². The number of fused-ring (bicyclic) bond motifs is 1. The first kappa shape index (κ1) is 10.8. The van der Waals surface area contributed by atoms with Crippen LogP contribution in [0, 0.1) is 0 Å². The topological polar surface area (TPSA) is 47.6 Å². The standard InChI is InChI=1S/C12H15NO3/c1-3-4-10-12(14)13-9-6-5-8(15-2)7-11(9)16-10/h5-7,10H,3-4H2,1-2H3,(H,13,14). The van der Waals surface area contributed by atoms with Crippen LogP contribution in [0.4, 0.5) is 5.69 Å². The van der Waals surface area contributed by atoms with Gasteiger partial charge in [-0.05, 0) is 18.6 Å². The first-order chi connectivity index (χ1) is 7.74. The van der Waals surface area contributed by atoms with Gasteiger partial charge < -0.3 is 14.8 Å². The fourth-order valence-electron chi connectivity index (χ4n) is 1.70. The predicted octanol–water partition coefficient (Wildman–Crippen LogP) is 2.19. The van der Waals surface area contributed by atoms with Crippen molar-refractivity contribution < 1.29 is 14.3 Å². The number of carbonyl (C=O) groups excluding carboxylic acids is 1. The Hall–Kier alpha value is -1.71. The van der Waals surface area contributed by atoms with E-state index in [-0.39, 0.29) is 12.0 Å². The Morgan fingerprint density at radius 1 is 1.50 bits per heavy atom. The molecule has 16 heavy (non-hydrogen) atoms. The molecule has 2 rings (SSSR count). The third-order valence-electron chi connectivity index (χ3n) is 2.56. The quantitative estimate of drug-likeness (QED) is 0.851. The van der Waals surface area contributed by atoms with E-state index in [0.29, 0.717) is 11.4 Å². The number of hydrogen-bond acceptors (Lipinski definition) is 3. The Morgan fingerprint density at radius 3 is 3.00 bits per heavy atom. The van der Waals surface area contributed by atoms with E-state index in [1.165, 1.54) is 0 Å². The molecule has 1 aliphatic heterocycles. The Morgan fingerprint density at radius 2 is 2.31 bits per heavy atom. The fourth-order valence-corrected chi connectivity index (χ4v) is 1.70. The van der Waals surface area contributed by atoms with Crippen LogP contribution in [0.25, 0.3) is 0 Å². The molecular formula is C12H15NO3. The van der Waals surface area contributed by atoms with Crippen LogP contribution in [0.5, 0.6) is 11.5 Å². The Labute approximate surface area is 94.6 Å². The molecule has 0 aromatic heterocycles. The average molecular weight is 221 g/mol. The highest BCUT2D eigenvalue weighted by Crippen LogP contribution is 2.33. The number of methoxy groups -OCH3 is 1. The second kappa shape index (κ2) is 4.43. The van der Waals surface area contributed by atoms with Gasteiger partial charge in [0.2, 0.25) is 0 Å². The van der Waals surface area contributed by atoms with Crippen molar-refractivity contribution in [3.8, 4) is 11.5 Å². The van der Waals surface area contributed by atoms with Gasteiger partial charge in [0, 0.05) is 6.07 Å². The zero-order chi connectivity index (χ0) is 11.5.